The first-order valence-corrected chi connectivity index (χ1v) is 12.4. The lowest BCUT2D eigenvalue weighted by atomic mass is 9.77. The van der Waals surface area contributed by atoms with Gasteiger partial charge < -0.3 is 14.6 Å². The van der Waals surface area contributed by atoms with Gasteiger partial charge in [0.1, 0.15) is 0 Å². The highest BCUT2D eigenvalue weighted by molar-refractivity contribution is 7.88. The summed E-state index contributed by atoms with van der Waals surface area (Å²) in [6.07, 6.45) is 4.33. The van der Waals surface area contributed by atoms with Crippen LogP contribution in [0.2, 0.25) is 0 Å². The number of rotatable bonds is 9. The number of nitrogens with one attached hydrogen (secondary N) is 1. The van der Waals surface area contributed by atoms with Crippen molar-refractivity contribution in [2.75, 3.05) is 52.2 Å². The third kappa shape index (κ3) is 5.77. The summed E-state index contributed by atoms with van der Waals surface area (Å²) in [4.78, 5) is 19.0. The van der Waals surface area contributed by atoms with Crippen molar-refractivity contribution >= 4 is 15.9 Å². The molecule has 1 spiro atoms. The van der Waals surface area contributed by atoms with Crippen LogP contribution in [-0.4, -0.2) is 85.9 Å². The van der Waals surface area contributed by atoms with Gasteiger partial charge in [0, 0.05) is 39.4 Å². The van der Waals surface area contributed by atoms with Crippen LogP contribution in [0.15, 0.2) is 4.52 Å². The van der Waals surface area contributed by atoms with Gasteiger partial charge in [-0.25, -0.2) is 12.7 Å². The number of likely N-dealkylation sites (tertiary alicyclic amines) is 1. The molecule has 1 aromatic heterocycles. The zero-order valence-electron chi connectivity index (χ0n) is 18.1. The van der Waals surface area contributed by atoms with E-state index >= 15 is 0 Å². The van der Waals surface area contributed by atoms with E-state index in [1.165, 1.54) is 10.6 Å². The van der Waals surface area contributed by atoms with E-state index in [-0.39, 0.29) is 23.9 Å². The highest BCUT2D eigenvalue weighted by Crippen LogP contribution is 2.48. The smallest absolute Gasteiger partial charge is 0.244 e. The molecule has 30 heavy (non-hydrogen) atoms. The Bertz CT molecular complexity index is 819. The van der Waals surface area contributed by atoms with E-state index in [9.17, 15) is 13.2 Å². The van der Waals surface area contributed by atoms with Crippen LogP contribution in [-0.2, 0) is 19.6 Å². The molecular weight excluding hydrogens is 410 g/mol. The lowest BCUT2D eigenvalue weighted by Crippen LogP contribution is -2.44. The van der Waals surface area contributed by atoms with Gasteiger partial charge in [-0.05, 0) is 44.9 Å². The predicted octanol–water partition coefficient (Wildman–Crippen LogP) is 0.709. The van der Waals surface area contributed by atoms with Crippen LogP contribution < -0.4 is 5.32 Å². The van der Waals surface area contributed by atoms with E-state index in [0.717, 1.165) is 25.7 Å². The second-order valence-electron chi connectivity index (χ2n) is 8.37. The van der Waals surface area contributed by atoms with Crippen molar-refractivity contribution in [1.82, 2.24) is 24.7 Å². The van der Waals surface area contributed by atoms with E-state index in [1.54, 1.807) is 6.92 Å². The SMILES string of the molecule is CCOCCCNC(=O)CN1CC2(CCN(S(C)(=O)=O)CC2)CC1c1nc(C)no1. The van der Waals surface area contributed by atoms with Crippen LogP contribution >= 0.6 is 0 Å². The molecule has 0 saturated carbocycles. The molecule has 2 fully saturated rings. The topological polar surface area (TPSA) is 118 Å². The Morgan fingerprint density at radius 3 is 2.70 bits per heavy atom. The number of hydrogen-bond donors (Lipinski definition) is 1. The zero-order chi connectivity index (χ0) is 21.8. The number of nitrogens with zero attached hydrogens (tertiary/aromatic N) is 4. The van der Waals surface area contributed by atoms with E-state index in [1.807, 2.05) is 6.92 Å². The number of carbonyl (C=O) groups excluding carboxylic acids is 1. The van der Waals surface area contributed by atoms with Gasteiger partial charge in [0.2, 0.25) is 21.8 Å². The number of amides is 1. The van der Waals surface area contributed by atoms with Gasteiger partial charge in [0.15, 0.2) is 5.82 Å². The molecule has 2 aliphatic heterocycles. The summed E-state index contributed by atoms with van der Waals surface area (Å²) in [5.41, 5.74) is -0.0521. The average Bonchev–Trinajstić information content (AvgIpc) is 3.25. The second kappa shape index (κ2) is 9.71. The molecule has 2 aliphatic rings. The van der Waals surface area contributed by atoms with Crippen LogP contribution in [0.25, 0.3) is 0 Å². The lowest BCUT2D eigenvalue weighted by molar-refractivity contribution is -0.122. The third-order valence-electron chi connectivity index (χ3n) is 6.02. The number of sulfonamides is 1. The fourth-order valence-corrected chi connectivity index (χ4v) is 5.29. The largest absolute Gasteiger partial charge is 0.382 e. The summed E-state index contributed by atoms with van der Waals surface area (Å²) in [7, 11) is -3.18. The van der Waals surface area contributed by atoms with Crippen LogP contribution in [0.4, 0.5) is 0 Å². The third-order valence-corrected chi connectivity index (χ3v) is 7.33. The normalized spacial score (nSPS) is 22.6. The molecule has 0 aliphatic carbocycles. The van der Waals surface area contributed by atoms with Gasteiger partial charge in [-0.1, -0.05) is 5.16 Å². The quantitative estimate of drug-likeness (QED) is 0.555. The van der Waals surface area contributed by atoms with Gasteiger partial charge in [-0.2, -0.15) is 4.98 Å². The van der Waals surface area contributed by atoms with E-state index in [2.05, 4.69) is 20.4 Å². The van der Waals surface area contributed by atoms with Crippen LogP contribution in [0.5, 0.6) is 0 Å². The summed E-state index contributed by atoms with van der Waals surface area (Å²) >= 11 is 0. The molecule has 11 heteroatoms. The van der Waals surface area contributed by atoms with Gasteiger partial charge in [0.05, 0.1) is 18.8 Å². The lowest BCUT2D eigenvalue weighted by Gasteiger charge is -2.38. The molecule has 170 valence electrons. The Morgan fingerprint density at radius 2 is 2.10 bits per heavy atom. The van der Waals surface area contributed by atoms with E-state index in [4.69, 9.17) is 9.26 Å². The highest BCUT2D eigenvalue weighted by atomic mass is 32.2. The Labute approximate surface area is 178 Å². The Balaban J connectivity index is 1.64. The molecule has 1 amide bonds. The van der Waals surface area contributed by atoms with Gasteiger partial charge in [0.25, 0.3) is 0 Å². The molecule has 3 rings (SSSR count). The van der Waals surface area contributed by atoms with E-state index < -0.39 is 10.0 Å². The highest BCUT2D eigenvalue weighted by Gasteiger charge is 2.48. The van der Waals surface area contributed by atoms with E-state index in [0.29, 0.717) is 51.1 Å². The predicted molar refractivity (Wildman–Crippen MR) is 110 cm³/mol. The first-order valence-electron chi connectivity index (χ1n) is 10.6. The van der Waals surface area contributed by atoms with Gasteiger partial charge in [-0.15, -0.1) is 0 Å². The average molecular weight is 444 g/mol. The minimum atomic E-state index is -3.18. The fraction of sp³-hybridized carbons (Fsp3) is 0.842. The van der Waals surface area contributed by atoms with Crippen LogP contribution in [0, 0.1) is 12.3 Å². The van der Waals surface area contributed by atoms with Crippen molar-refractivity contribution in [3.8, 4) is 0 Å². The number of hydrogen-bond acceptors (Lipinski definition) is 8. The molecule has 1 aromatic rings. The number of piperidine rings is 1. The monoisotopic (exact) mass is 443 g/mol. The summed E-state index contributed by atoms with van der Waals surface area (Å²) in [5.74, 6) is 1.05. The second-order valence-corrected chi connectivity index (χ2v) is 10.3. The maximum Gasteiger partial charge on any atom is 0.244 e. The first-order chi connectivity index (χ1) is 14.2. The van der Waals surface area contributed by atoms with Crippen molar-refractivity contribution in [3.05, 3.63) is 11.7 Å². The first kappa shape index (κ1) is 23.1. The number of carbonyl (C=O) groups is 1. The molecule has 3 heterocycles. The molecule has 0 bridgehead atoms. The minimum Gasteiger partial charge on any atom is -0.382 e. The van der Waals surface area contributed by atoms with Crippen LogP contribution in [0.3, 0.4) is 0 Å². The molecule has 0 radical (unpaired) electrons. The van der Waals surface area contributed by atoms with Crippen molar-refractivity contribution in [2.24, 2.45) is 5.41 Å². The zero-order valence-corrected chi connectivity index (χ0v) is 18.9. The number of aromatic nitrogens is 2. The molecule has 0 aromatic carbocycles. The molecule has 1 N–H and O–H groups in total. The maximum absolute atomic E-state index is 12.5. The molecule has 1 unspecified atom stereocenters. The Hall–Kier alpha value is -1.56. The standard InChI is InChI=1S/C19H33N5O5S/c1-4-28-11-5-8-20-17(25)13-23-14-19(6-9-24(10-7-19)30(3,26)27)12-16(23)18-21-15(2)22-29-18/h16H,4-14H2,1-3H3,(H,20,25). The molecule has 2 saturated heterocycles. The van der Waals surface area contributed by atoms with Crippen molar-refractivity contribution < 1.29 is 22.5 Å². The fourth-order valence-electron chi connectivity index (χ4n) is 4.44. The molecule has 1 atom stereocenters. The maximum atomic E-state index is 12.5. The number of aryl methyl sites for hydroxylation is 1. The molecule has 10 nitrogen and oxygen atoms in total. The van der Waals surface area contributed by atoms with Crippen molar-refractivity contribution in [1.29, 1.82) is 0 Å². The number of ether oxygens (including phenoxy) is 1. The Morgan fingerprint density at radius 1 is 1.37 bits per heavy atom. The summed E-state index contributed by atoms with van der Waals surface area (Å²) in [6.45, 7) is 7.57. The van der Waals surface area contributed by atoms with Gasteiger partial charge >= 0.3 is 0 Å². The van der Waals surface area contributed by atoms with Crippen molar-refractivity contribution in [3.63, 3.8) is 0 Å². The minimum absolute atomic E-state index is 0.0432. The van der Waals surface area contributed by atoms with Crippen LogP contribution in [0.1, 0.15) is 50.4 Å². The Kier molecular flexibility index (Phi) is 7.48. The summed E-state index contributed by atoms with van der Waals surface area (Å²) in [6, 6.07) is -0.134. The van der Waals surface area contributed by atoms with Crippen molar-refractivity contribution in [2.45, 2.75) is 45.6 Å². The summed E-state index contributed by atoms with van der Waals surface area (Å²) < 4.78 is 36.0. The summed E-state index contributed by atoms with van der Waals surface area (Å²) in [5, 5.41) is 6.87. The molecular formula is C19H33N5O5S. The van der Waals surface area contributed by atoms with Gasteiger partial charge in [-0.3, -0.25) is 9.69 Å².